The lowest BCUT2D eigenvalue weighted by Gasteiger charge is -2.08. The Morgan fingerprint density at radius 1 is 1.39 bits per heavy atom. The second-order valence-electron chi connectivity index (χ2n) is 4.42. The van der Waals surface area contributed by atoms with E-state index in [1.807, 2.05) is 10.9 Å². The topological polar surface area (TPSA) is 29.9 Å². The second kappa shape index (κ2) is 6.22. The molecule has 2 aromatic rings. The molecular weight excluding hydrogens is 337 g/mol. The van der Waals surface area contributed by atoms with Crippen molar-refractivity contribution in [2.24, 2.45) is 0 Å². The summed E-state index contributed by atoms with van der Waals surface area (Å²) in [5.41, 5.74) is 3.70. The lowest BCUT2D eigenvalue weighted by atomic mass is 10.2. The summed E-state index contributed by atoms with van der Waals surface area (Å²) in [6.07, 6.45) is 5.16. The number of hydrogen-bond acceptors (Lipinski definition) is 2. The van der Waals surface area contributed by atoms with E-state index in [9.17, 15) is 0 Å². The molecular formula is C14H18IN3. The van der Waals surface area contributed by atoms with Crippen LogP contribution in [0.1, 0.15) is 24.5 Å². The number of nitrogens with one attached hydrogen (secondary N) is 1. The van der Waals surface area contributed by atoms with Crippen LogP contribution < -0.4 is 5.32 Å². The molecule has 0 bridgehead atoms. The zero-order valence-electron chi connectivity index (χ0n) is 10.8. The number of rotatable bonds is 5. The highest BCUT2D eigenvalue weighted by Gasteiger charge is 2.01. The minimum Gasteiger partial charge on any atom is -0.381 e. The molecule has 0 fully saturated rings. The van der Waals surface area contributed by atoms with Crippen molar-refractivity contribution < 1.29 is 0 Å². The van der Waals surface area contributed by atoms with E-state index in [0.717, 1.165) is 19.5 Å². The van der Waals surface area contributed by atoms with Gasteiger partial charge in [0.05, 0.1) is 6.20 Å². The molecule has 3 nitrogen and oxygen atoms in total. The smallest absolute Gasteiger partial charge is 0.0539 e. The molecule has 96 valence electrons. The van der Waals surface area contributed by atoms with E-state index in [2.05, 4.69) is 71.2 Å². The van der Waals surface area contributed by atoms with Crippen LogP contribution in [0.25, 0.3) is 0 Å². The lowest BCUT2D eigenvalue weighted by Crippen LogP contribution is -2.00. The van der Waals surface area contributed by atoms with Crippen molar-refractivity contribution in [1.82, 2.24) is 9.78 Å². The highest BCUT2D eigenvalue weighted by molar-refractivity contribution is 14.1. The van der Waals surface area contributed by atoms with Crippen LogP contribution in [0.2, 0.25) is 0 Å². The number of halogens is 1. The molecule has 1 N–H and O–H groups in total. The van der Waals surface area contributed by atoms with Crippen molar-refractivity contribution in [2.45, 2.75) is 33.4 Å². The van der Waals surface area contributed by atoms with Gasteiger partial charge in [0.1, 0.15) is 0 Å². The third-order valence-corrected chi connectivity index (χ3v) is 3.48. The van der Waals surface area contributed by atoms with Gasteiger partial charge in [-0.1, -0.05) is 6.92 Å². The summed E-state index contributed by atoms with van der Waals surface area (Å²) in [5.74, 6) is 0. The fraction of sp³-hybridized carbons (Fsp3) is 0.357. The first kappa shape index (κ1) is 13.4. The minimum absolute atomic E-state index is 0.825. The van der Waals surface area contributed by atoms with Gasteiger partial charge in [-0.05, 0) is 59.7 Å². The Kier molecular flexibility index (Phi) is 4.63. The van der Waals surface area contributed by atoms with Gasteiger partial charge >= 0.3 is 0 Å². The normalized spacial score (nSPS) is 10.6. The lowest BCUT2D eigenvalue weighted by molar-refractivity contribution is 0.602. The molecule has 0 aliphatic carbocycles. The average Bonchev–Trinajstić information content (AvgIpc) is 2.76. The van der Waals surface area contributed by atoms with Crippen molar-refractivity contribution >= 4 is 28.3 Å². The third-order valence-electron chi connectivity index (χ3n) is 2.81. The molecule has 18 heavy (non-hydrogen) atoms. The quantitative estimate of drug-likeness (QED) is 0.827. The van der Waals surface area contributed by atoms with Gasteiger partial charge < -0.3 is 5.32 Å². The van der Waals surface area contributed by atoms with Crippen LogP contribution in [-0.2, 0) is 13.1 Å². The first-order chi connectivity index (χ1) is 8.69. The summed E-state index contributed by atoms with van der Waals surface area (Å²) in [7, 11) is 0. The van der Waals surface area contributed by atoms with Crippen LogP contribution in [0.4, 0.5) is 5.69 Å². The van der Waals surface area contributed by atoms with Crippen molar-refractivity contribution in [2.75, 3.05) is 5.32 Å². The Morgan fingerprint density at radius 3 is 2.94 bits per heavy atom. The maximum absolute atomic E-state index is 4.33. The summed E-state index contributed by atoms with van der Waals surface area (Å²) in [6, 6.07) is 6.44. The summed E-state index contributed by atoms with van der Waals surface area (Å²) >= 11 is 2.33. The summed E-state index contributed by atoms with van der Waals surface area (Å²) in [6.45, 7) is 6.10. The molecule has 2 rings (SSSR count). The van der Waals surface area contributed by atoms with E-state index in [1.54, 1.807) is 0 Å². The van der Waals surface area contributed by atoms with Crippen LogP contribution in [0.5, 0.6) is 0 Å². The van der Waals surface area contributed by atoms with E-state index in [-0.39, 0.29) is 0 Å². The Bertz CT molecular complexity index is 520. The molecule has 0 aliphatic heterocycles. The fourth-order valence-corrected chi connectivity index (χ4v) is 2.52. The van der Waals surface area contributed by atoms with Crippen LogP contribution in [0.3, 0.4) is 0 Å². The Hall–Kier alpha value is -1.04. The van der Waals surface area contributed by atoms with Gasteiger partial charge in [0.2, 0.25) is 0 Å². The molecule has 0 amide bonds. The van der Waals surface area contributed by atoms with Crippen LogP contribution >= 0.6 is 22.6 Å². The molecule has 0 atom stereocenters. The summed E-state index contributed by atoms with van der Waals surface area (Å²) in [5, 5.41) is 7.79. The zero-order valence-corrected chi connectivity index (χ0v) is 12.9. The van der Waals surface area contributed by atoms with Crippen LogP contribution in [0.15, 0.2) is 30.6 Å². The van der Waals surface area contributed by atoms with Crippen molar-refractivity contribution in [1.29, 1.82) is 0 Å². The van der Waals surface area contributed by atoms with Crippen LogP contribution in [0, 0.1) is 10.5 Å². The Morgan fingerprint density at radius 2 is 2.22 bits per heavy atom. The van der Waals surface area contributed by atoms with E-state index in [0.29, 0.717) is 0 Å². The van der Waals surface area contributed by atoms with Gasteiger partial charge in [0.15, 0.2) is 0 Å². The first-order valence-corrected chi connectivity index (χ1v) is 7.28. The number of aromatic nitrogens is 2. The van der Waals surface area contributed by atoms with E-state index >= 15 is 0 Å². The van der Waals surface area contributed by atoms with E-state index in [1.165, 1.54) is 20.4 Å². The predicted molar refractivity (Wildman–Crippen MR) is 83.7 cm³/mol. The van der Waals surface area contributed by atoms with E-state index < -0.39 is 0 Å². The van der Waals surface area contributed by atoms with Crippen molar-refractivity contribution in [3.63, 3.8) is 0 Å². The second-order valence-corrected chi connectivity index (χ2v) is 5.67. The monoisotopic (exact) mass is 355 g/mol. The number of anilines is 1. The van der Waals surface area contributed by atoms with Gasteiger partial charge in [-0.15, -0.1) is 0 Å². The first-order valence-electron chi connectivity index (χ1n) is 6.20. The third kappa shape index (κ3) is 3.48. The maximum Gasteiger partial charge on any atom is 0.0539 e. The molecule has 0 unspecified atom stereocenters. The van der Waals surface area contributed by atoms with Gasteiger partial charge in [-0.3, -0.25) is 4.68 Å². The van der Waals surface area contributed by atoms with E-state index in [4.69, 9.17) is 0 Å². The summed E-state index contributed by atoms with van der Waals surface area (Å²) < 4.78 is 3.27. The Balaban J connectivity index is 1.97. The molecule has 0 aliphatic rings. The van der Waals surface area contributed by atoms with Gasteiger partial charge in [-0.25, -0.2) is 0 Å². The molecule has 0 spiro atoms. The molecule has 1 heterocycles. The summed E-state index contributed by atoms with van der Waals surface area (Å²) in [4.78, 5) is 0. The molecule has 1 aromatic heterocycles. The van der Waals surface area contributed by atoms with Crippen molar-refractivity contribution in [3.8, 4) is 0 Å². The number of hydrogen-bond donors (Lipinski definition) is 1. The highest BCUT2D eigenvalue weighted by Crippen LogP contribution is 2.18. The maximum atomic E-state index is 4.33. The van der Waals surface area contributed by atoms with Gasteiger partial charge in [-0.2, -0.15) is 5.10 Å². The molecule has 4 heteroatoms. The average molecular weight is 355 g/mol. The molecule has 0 radical (unpaired) electrons. The number of nitrogens with zero attached hydrogens (tertiary/aromatic N) is 2. The Labute approximate surface area is 122 Å². The standard InChI is InChI=1S/C14H18IN3/c1-3-6-18-10-12(9-17-18)8-16-14-5-4-13(15)7-11(14)2/h4-5,7,9-10,16H,3,6,8H2,1-2H3. The fourth-order valence-electron chi connectivity index (χ4n) is 1.87. The molecule has 1 aromatic carbocycles. The van der Waals surface area contributed by atoms with Gasteiger partial charge in [0.25, 0.3) is 0 Å². The largest absolute Gasteiger partial charge is 0.381 e. The minimum atomic E-state index is 0.825. The van der Waals surface area contributed by atoms with Gasteiger partial charge in [0, 0.05) is 34.1 Å². The SMILES string of the molecule is CCCn1cc(CNc2ccc(I)cc2C)cn1. The predicted octanol–water partition coefficient (Wildman–Crippen LogP) is 3.82. The molecule has 0 saturated carbocycles. The number of benzene rings is 1. The number of aryl methyl sites for hydroxylation is 2. The molecule has 0 saturated heterocycles. The zero-order chi connectivity index (χ0) is 13.0. The van der Waals surface area contributed by atoms with Crippen molar-refractivity contribution in [3.05, 3.63) is 45.3 Å². The highest BCUT2D eigenvalue weighted by atomic mass is 127. The van der Waals surface area contributed by atoms with Crippen LogP contribution in [-0.4, -0.2) is 9.78 Å².